The minimum absolute atomic E-state index is 0.0261. The van der Waals surface area contributed by atoms with Crippen LogP contribution in [-0.2, 0) is 78.1 Å². The topological polar surface area (TPSA) is 285 Å². The Balaban J connectivity index is 2.94. The number of benzene rings is 1. The second-order valence-electron chi connectivity index (χ2n) is 17.5. The van der Waals surface area contributed by atoms with Gasteiger partial charge in [-0.05, 0) is 57.9 Å². The molecular weight excluding hydrogens is 911 g/mol. The van der Waals surface area contributed by atoms with Gasteiger partial charge in [-0.25, -0.2) is 0 Å². The van der Waals surface area contributed by atoms with Gasteiger partial charge in [0.15, 0.2) is 23.1 Å². The van der Waals surface area contributed by atoms with Gasteiger partial charge < -0.3 is 50.3 Å². The van der Waals surface area contributed by atoms with E-state index in [0.29, 0.717) is 32.8 Å². The van der Waals surface area contributed by atoms with Crippen molar-refractivity contribution in [1.82, 2.24) is 26.6 Å². The van der Waals surface area contributed by atoms with Crippen LogP contribution in [0.4, 0.5) is 0 Å². The highest BCUT2D eigenvalue weighted by atomic mass is 16.5. The Hall–Kier alpha value is -5.57. The number of hydrogen-bond donors (Lipinski definition) is 5. The highest BCUT2D eigenvalue weighted by molar-refractivity contribution is 5.95. The van der Waals surface area contributed by atoms with Gasteiger partial charge in [0.05, 0.1) is 58.7 Å². The molecule has 5 N–H and O–H groups in total. The lowest BCUT2D eigenvalue weighted by Gasteiger charge is -2.22. The second kappa shape index (κ2) is 37.3. The quantitative estimate of drug-likeness (QED) is 0.0584. The Morgan fingerprint density at radius 1 is 0.571 bits per heavy atom. The summed E-state index contributed by atoms with van der Waals surface area (Å²) in [5.41, 5.74) is 0.806. The molecule has 70 heavy (non-hydrogen) atoms. The van der Waals surface area contributed by atoms with Gasteiger partial charge in [0.25, 0.3) is 0 Å². The first-order chi connectivity index (χ1) is 33.3. The monoisotopic (exact) mass is 988 g/mol. The molecule has 0 spiro atoms. The number of methoxy groups -OCH3 is 1. The maximum atomic E-state index is 14.0. The van der Waals surface area contributed by atoms with Crippen molar-refractivity contribution in [2.75, 3.05) is 79.5 Å². The summed E-state index contributed by atoms with van der Waals surface area (Å²) in [6.07, 6.45) is -0.787. The Labute approximate surface area is 411 Å². The first-order valence-corrected chi connectivity index (χ1v) is 24.1. The molecule has 0 heterocycles. The van der Waals surface area contributed by atoms with Gasteiger partial charge in [-0.1, -0.05) is 44.2 Å². The summed E-state index contributed by atoms with van der Waals surface area (Å²) in [6.45, 7) is 8.76. The number of ether oxygens (including phenoxy) is 4. The number of hydrogen-bond acceptors (Lipinski definition) is 15. The van der Waals surface area contributed by atoms with Gasteiger partial charge in [-0.15, -0.1) is 0 Å². The van der Waals surface area contributed by atoms with Crippen molar-refractivity contribution in [3.05, 3.63) is 35.9 Å². The number of ketones is 6. The molecule has 5 amide bonds. The maximum Gasteiger partial charge on any atom is 0.246 e. The molecule has 0 aliphatic carbocycles. The van der Waals surface area contributed by atoms with Crippen molar-refractivity contribution in [2.24, 2.45) is 23.7 Å². The summed E-state index contributed by atoms with van der Waals surface area (Å²) >= 11 is 0. The first kappa shape index (κ1) is 62.4. The molecule has 1 aromatic rings. The lowest BCUT2D eigenvalue weighted by Crippen LogP contribution is -2.40. The third-order valence-electron chi connectivity index (χ3n) is 10.8. The summed E-state index contributed by atoms with van der Waals surface area (Å²) in [4.78, 5) is 141. The van der Waals surface area contributed by atoms with Crippen LogP contribution < -0.4 is 26.6 Å². The first-order valence-electron chi connectivity index (χ1n) is 24.1. The maximum absolute atomic E-state index is 14.0. The lowest BCUT2D eigenvalue weighted by atomic mass is 9.83. The summed E-state index contributed by atoms with van der Waals surface area (Å²) in [5.74, 6) is -7.56. The molecule has 0 fully saturated rings. The van der Waals surface area contributed by atoms with Crippen molar-refractivity contribution >= 4 is 64.2 Å². The van der Waals surface area contributed by atoms with E-state index in [0.717, 1.165) is 5.56 Å². The molecule has 392 valence electrons. The molecule has 0 aliphatic heterocycles. The number of carbonyl (C=O) groups excluding carboxylic acids is 11. The molecule has 0 saturated carbocycles. The minimum Gasteiger partial charge on any atom is -0.382 e. The highest BCUT2D eigenvalue weighted by Crippen LogP contribution is 2.23. The lowest BCUT2D eigenvalue weighted by molar-refractivity contribution is -0.134. The fourth-order valence-electron chi connectivity index (χ4n) is 7.04. The average molecular weight is 988 g/mol. The van der Waals surface area contributed by atoms with E-state index in [-0.39, 0.29) is 126 Å². The number of nitrogens with one attached hydrogen (secondary N) is 5. The van der Waals surface area contributed by atoms with E-state index in [1.165, 1.54) is 21.0 Å². The van der Waals surface area contributed by atoms with E-state index in [1.807, 2.05) is 51.1 Å². The highest BCUT2D eigenvalue weighted by Gasteiger charge is 2.30. The largest absolute Gasteiger partial charge is 0.382 e. The smallest absolute Gasteiger partial charge is 0.246 e. The van der Waals surface area contributed by atoms with Crippen molar-refractivity contribution in [2.45, 2.75) is 111 Å². The van der Waals surface area contributed by atoms with Crippen LogP contribution in [0.1, 0.15) is 104 Å². The second-order valence-corrected chi connectivity index (χ2v) is 17.5. The predicted octanol–water partition coefficient (Wildman–Crippen LogP) is 1.75. The Morgan fingerprint density at radius 2 is 1.19 bits per heavy atom. The molecule has 4 atom stereocenters. The molecule has 0 bridgehead atoms. The summed E-state index contributed by atoms with van der Waals surface area (Å²) in [5, 5.41) is 12.8. The van der Waals surface area contributed by atoms with E-state index in [2.05, 4.69) is 26.6 Å². The van der Waals surface area contributed by atoms with Gasteiger partial charge in [0, 0.05) is 83.0 Å². The molecule has 0 aliphatic rings. The van der Waals surface area contributed by atoms with E-state index in [9.17, 15) is 52.7 Å². The Kier molecular flexibility index (Phi) is 33.3. The van der Waals surface area contributed by atoms with Crippen LogP contribution in [0.3, 0.4) is 0 Å². The summed E-state index contributed by atoms with van der Waals surface area (Å²) in [6, 6.07) is 8.25. The molecule has 20 heteroatoms. The fourth-order valence-corrected chi connectivity index (χ4v) is 7.04. The summed E-state index contributed by atoms with van der Waals surface area (Å²) in [7, 11) is 1.52. The average Bonchev–Trinajstić information content (AvgIpc) is 3.31. The SMILES string of the molecule is CCOCCOCC(=O)NCC(=O)CC(Cc1ccccc1)C(=O)CC(CC(C)C)C(=O)NCC(=O)CC(CCC(=O)NCC(=O)CCC(=O)NC(CCC(C)=O)C(C)=O)C(=O)NCCOCCOC. The third-order valence-corrected chi connectivity index (χ3v) is 10.8. The number of rotatable bonds is 42. The van der Waals surface area contributed by atoms with Crippen LogP contribution in [0.5, 0.6) is 0 Å². The third kappa shape index (κ3) is 30.8. The van der Waals surface area contributed by atoms with Crippen molar-refractivity contribution in [3.63, 3.8) is 0 Å². The van der Waals surface area contributed by atoms with Gasteiger partial charge in [-0.3, -0.25) is 47.9 Å². The van der Waals surface area contributed by atoms with E-state index < -0.39 is 78.0 Å². The zero-order valence-electron chi connectivity index (χ0n) is 42.0. The van der Waals surface area contributed by atoms with Crippen LogP contribution in [-0.4, -0.2) is 150 Å². The summed E-state index contributed by atoms with van der Waals surface area (Å²) < 4.78 is 20.8. The zero-order valence-corrected chi connectivity index (χ0v) is 42.0. The van der Waals surface area contributed by atoms with Gasteiger partial charge in [-0.2, -0.15) is 0 Å². The van der Waals surface area contributed by atoms with Crippen molar-refractivity contribution < 1.29 is 71.7 Å². The fraction of sp³-hybridized carbons (Fsp3) is 0.660. The normalized spacial score (nSPS) is 12.7. The number of Topliss-reactive ketones (excluding diaryl/α,β-unsaturated/α-hetero) is 6. The van der Waals surface area contributed by atoms with E-state index in [4.69, 9.17) is 18.9 Å². The Bertz CT molecular complexity index is 1840. The molecule has 1 aromatic carbocycles. The van der Waals surface area contributed by atoms with Crippen LogP contribution in [0.15, 0.2) is 30.3 Å². The van der Waals surface area contributed by atoms with E-state index >= 15 is 0 Å². The van der Waals surface area contributed by atoms with E-state index in [1.54, 1.807) is 0 Å². The Morgan fingerprint density at radius 3 is 1.83 bits per heavy atom. The molecule has 0 saturated heterocycles. The van der Waals surface area contributed by atoms with Gasteiger partial charge in [0.1, 0.15) is 18.2 Å². The van der Waals surface area contributed by atoms with Crippen molar-refractivity contribution in [3.8, 4) is 0 Å². The number of amides is 5. The van der Waals surface area contributed by atoms with Crippen LogP contribution >= 0.6 is 0 Å². The van der Waals surface area contributed by atoms with Crippen LogP contribution in [0.2, 0.25) is 0 Å². The van der Waals surface area contributed by atoms with Gasteiger partial charge in [0.2, 0.25) is 29.5 Å². The standard InChI is InChI=1S/C50H77N5O15/c1-7-68-23-24-70-33-48(64)53-31-43(60)28-39(26-37-11-9-8-10-12-37)45(61)29-40(25-34(2)3)50(66)54-32-42(59)27-38(49(65)51-19-20-69-22-21-67-6)14-17-46(62)52-30-41(58)15-18-47(63)55-44(36(5)57)16-13-35(4)56/h8-12,34,38-40,44H,7,13-33H2,1-6H3,(H,51,65)(H,52,62)(H,53,64)(H,54,66)(H,55,63). The van der Waals surface area contributed by atoms with Crippen LogP contribution in [0, 0.1) is 23.7 Å². The molecule has 1 rings (SSSR count). The predicted molar refractivity (Wildman–Crippen MR) is 257 cm³/mol. The molecule has 20 nitrogen and oxygen atoms in total. The van der Waals surface area contributed by atoms with Crippen molar-refractivity contribution in [1.29, 1.82) is 0 Å². The number of carbonyl (C=O) groups is 11. The molecular formula is C50H77N5O15. The molecule has 0 aromatic heterocycles. The molecule has 0 radical (unpaired) electrons. The minimum atomic E-state index is -1.01. The van der Waals surface area contributed by atoms with Gasteiger partial charge >= 0.3 is 0 Å². The zero-order chi connectivity index (χ0) is 52.3. The van der Waals surface area contributed by atoms with Crippen LogP contribution in [0.25, 0.3) is 0 Å². The molecule has 4 unspecified atom stereocenters.